The van der Waals surface area contributed by atoms with E-state index in [9.17, 15) is 10.1 Å². The van der Waals surface area contributed by atoms with Gasteiger partial charge >= 0.3 is 0 Å². The van der Waals surface area contributed by atoms with Gasteiger partial charge in [0.05, 0.1) is 0 Å². The molecule has 0 aliphatic heterocycles. The lowest BCUT2D eigenvalue weighted by atomic mass is 10.1. The number of nitriles is 1. The molecule has 0 unspecified atom stereocenters. The number of hydrogen-bond acceptors (Lipinski definition) is 2. The van der Waals surface area contributed by atoms with Gasteiger partial charge in [0, 0.05) is 28.1 Å². The Balaban J connectivity index is 2.53. The highest BCUT2D eigenvalue weighted by atomic mass is 35.5. The number of benzene rings is 1. The van der Waals surface area contributed by atoms with Gasteiger partial charge in [-0.3, -0.25) is 4.79 Å². The molecule has 1 heterocycles. The highest BCUT2D eigenvalue weighted by molar-refractivity contribution is 6.31. The number of aromatic nitrogens is 1. The van der Waals surface area contributed by atoms with Crippen LogP contribution in [0.3, 0.4) is 0 Å². The third-order valence-corrected chi connectivity index (χ3v) is 4.44. The van der Waals surface area contributed by atoms with Crippen molar-refractivity contribution in [2.24, 2.45) is 0 Å². The highest BCUT2D eigenvalue weighted by Gasteiger charge is 2.15. The van der Waals surface area contributed by atoms with Crippen molar-refractivity contribution in [2.45, 2.75) is 40.7 Å². The highest BCUT2D eigenvalue weighted by Crippen LogP contribution is 2.28. The zero-order chi connectivity index (χ0) is 18.7. The van der Waals surface area contributed by atoms with Gasteiger partial charge in [0.15, 0.2) is 0 Å². The summed E-state index contributed by atoms with van der Waals surface area (Å²) < 4.78 is 2.09. The van der Waals surface area contributed by atoms with Gasteiger partial charge in [0.1, 0.15) is 11.6 Å². The normalized spacial score (nSPS) is 11.5. The van der Waals surface area contributed by atoms with Crippen molar-refractivity contribution in [2.75, 3.05) is 0 Å². The van der Waals surface area contributed by atoms with E-state index in [4.69, 9.17) is 11.6 Å². The molecule has 0 saturated carbocycles. The van der Waals surface area contributed by atoms with Crippen LogP contribution in [-0.2, 0) is 4.79 Å². The summed E-state index contributed by atoms with van der Waals surface area (Å²) in [6.07, 6.45) is 1.64. The minimum atomic E-state index is -0.360. The first-order valence-electron chi connectivity index (χ1n) is 8.13. The van der Waals surface area contributed by atoms with E-state index in [1.165, 1.54) is 0 Å². The average molecular weight is 356 g/mol. The summed E-state index contributed by atoms with van der Waals surface area (Å²) >= 11 is 6.25. The molecule has 1 aromatic carbocycles. The van der Waals surface area contributed by atoms with E-state index in [0.717, 1.165) is 28.2 Å². The van der Waals surface area contributed by atoms with Crippen molar-refractivity contribution in [1.29, 1.82) is 5.26 Å². The molecule has 1 amide bonds. The Kier molecular flexibility index (Phi) is 5.71. The molecule has 2 aromatic rings. The monoisotopic (exact) mass is 355 g/mol. The summed E-state index contributed by atoms with van der Waals surface area (Å²) in [5.41, 5.74) is 4.87. The van der Waals surface area contributed by atoms with Crippen LogP contribution in [0.2, 0.25) is 5.02 Å². The van der Waals surface area contributed by atoms with Crippen LogP contribution in [0.4, 0.5) is 0 Å². The molecule has 0 bridgehead atoms. The molecule has 0 aliphatic rings. The van der Waals surface area contributed by atoms with E-state index in [2.05, 4.69) is 9.88 Å². The molecule has 4 nitrogen and oxygen atoms in total. The van der Waals surface area contributed by atoms with Gasteiger partial charge in [-0.15, -0.1) is 0 Å². The number of aryl methyl sites for hydroxylation is 1. The maximum Gasteiger partial charge on any atom is 0.262 e. The molecule has 2 rings (SSSR count). The molecule has 130 valence electrons. The number of rotatable bonds is 4. The van der Waals surface area contributed by atoms with Gasteiger partial charge in [-0.05, 0) is 70.0 Å². The largest absolute Gasteiger partial charge is 0.349 e. The second kappa shape index (κ2) is 7.58. The molecule has 0 saturated heterocycles. The van der Waals surface area contributed by atoms with Crippen LogP contribution in [0, 0.1) is 32.1 Å². The van der Waals surface area contributed by atoms with Gasteiger partial charge in [-0.1, -0.05) is 17.7 Å². The number of carbonyl (C=O) groups excluding carboxylic acids is 1. The van der Waals surface area contributed by atoms with Crippen LogP contribution in [-0.4, -0.2) is 16.5 Å². The first-order chi connectivity index (χ1) is 11.8. The van der Waals surface area contributed by atoms with Crippen LogP contribution >= 0.6 is 11.6 Å². The van der Waals surface area contributed by atoms with E-state index in [0.29, 0.717) is 5.02 Å². The fourth-order valence-electron chi connectivity index (χ4n) is 2.79. The second-order valence-corrected chi connectivity index (χ2v) is 6.75. The van der Waals surface area contributed by atoms with Crippen molar-refractivity contribution < 1.29 is 4.79 Å². The van der Waals surface area contributed by atoms with Crippen molar-refractivity contribution in [3.8, 4) is 11.8 Å². The first-order valence-corrected chi connectivity index (χ1v) is 8.51. The summed E-state index contributed by atoms with van der Waals surface area (Å²) in [6, 6.07) is 9.71. The number of hydrogen-bond donors (Lipinski definition) is 1. The van der Waals surface area contributed by atoms with Crippen LogP contribution in [0.15, 0.2) is 29.8 Å². The zero-order valence-corrected chi connectivity index (χ0v) is 15.9. The minimum absolute atomic E-state index is 0.0224. The number of halogens is 1. The number of nitrogens with one attached hydrogen (secondary N) is 1. The van der Waals surface area contributed by atoms with E-state index < -0.39 is 0 Å². The molecular formula is C20H22ClN3O. The average Bonchev–Trinajstić information content (AvgIpc) is 2.81. The first kappa shape index (κ1) is 18.8. The van der Waals surface area contributed by atoms with E-state index in [1.54, 1.807) is 6.08 Å². The topological polar surface area (TPSA) is 57.8 Å². The van der Waals surface area contributed by atoms with Crippen LogP contribution in [0.25, 0.3) is 11.8 Å². The summed E-state index contributed by atoms with van der Waals surface area (Å²) in [5, 5.41) is 12.8. The molecule has 1 N–H and O–H groups in total. The van der Waals surface area contributed by atoms with Crippen molar-refractivity contribution >= 4 is 23.6 Å². The molecule has 5 heteroatoms. The van der Waals surface area contributed by atoms with Gasteiger partial charge in [0.25, 0.3) is 5.91 Å². The zero-order valence-electron chi connectivity index (χ0n) is 15.1. The summed E-state index contributed by atoms with van der Waals surface area (Å²) in [6.45, 7) is 9.66. The SMILES string of the molecule is Cc1c(Cl)cccc1-n1c(C)cc(/C=C(/C#N)C(=O)NC(C)C)c1C. The Bertz CT molecular complexity index is 885. The fraction of sp³-hybridized carbons (Fsp3) is 0.300. The van der Waals surface area contributed by atoms with Gasteiger partial charge < -0.3 is 9.88 Å². The predicted molar refractivity (Wildman–Crippen MR) is 102 cm³/mol. The minimum Gasteiger partial charge on any atom is -0.349 e. The summed E-state index contributed by atoms with van der Waals surface area (Å²) in [4.78, 5) is 12.1. The summed E-state index contributed by atoms with van der Waals surface area (Å²) in [7, 11) is 0. The third-order valence-electron chi connectivity index (χ3n) is 4.03. The van der Waals surface area contributed by atoms with E-state index in [-0.39, 0.29) is 17.5 Å². The summed E-state index contributed by atoms with van der Waals surface area (Å²) in [5.74, 6) is -0.360. The van der Waals surface area contributed by atoms with E-state index >= 15 is 0 Å². The van der Waals surface area contributed by atoms with Gasteiger partial charge in [0.2, 0.25) is 0 Å². The Morgan fingerprint density at radius 1 is 1.32 bits per heavy atom. The molecule has 0 spiro atoms. The standard InChI is InChI=1S/C20H22ClN3O/c1-12(2)23-20(25)17(11-22)10-16-9-13(3)24(15(16)5)19-8-6-7-18(21)14(19)4/h6-10,12H,1-5H3,(H,23,25)/b17-10-. The lowest BCUT2D eigenvalue weighted by Crippen LogP contribution is -2.30. The molecule has 25 heavy (non-hydrogen) atoms. The molecular weight excluding hydrogens is 334 g/mol. The van der Waals surface area contributed by atoms with Gasteiger partial charge in [-0.2, -0.15) is 5.26 Å². The smallest absolute Gasteiger partial charge is 0.262 e. The maximum absolute atomic E-state index is 12.1. The molecule has 0 atom stereocenters. The van der Waals surface area contributed by atoms with Crippen LogP contribution in [0.1, 0.15) is 36.4 Å². The predicted octanol–water partition coefficient (Wildman–Crippen LogP) is 4.49. The van der Waals surface area contributed by atoms with Crippen molar-refractivity contribution in [1.82, 2.24) is 9.88 Å². The molecule has 1 aromatic heterocycles. The number of nitrogens with zero attached hydrogens (tertiary/aromatic N) is 2. The Hall–Kier alpha value is -2.51. The molecule has 0 radical (unpaired) electrons. The molecule has 0 aliphatic carbocycles. The molecule has 0 fully saturated rings. The Labute approximate surface area is 153 Å². The van der Waals surface area contributed by atoms with Crippen LogP contribution in [0.5, 0.6) is 0 Å². The number of carbonyl (C=O) groups is 1. The van der Waals surface area contributed by atoms with E-state index in [1.807, 2.05) is 65.0 Å². The lowest BCUT2D eigenvalue weighted by Gasteiger charge is -2.13. The quantitative estimate of drug-likeness (QED) is 0.649. The second-order valence-electron chi connectivity index (χ2n) is 6.34. The maximum atomic E-state index is 12.1. The Morgan fingerprint density at radius 3 is 2.60 bits per heavy atom. The number of amides is 1. The fourth-order valence-corrected chi connectivity index (χ4v) is 2.96. The lowest BCUT2D eigenvalue weighted by molar-refractivity contribution is -0.117. The van der Waals surface area contributed by atoms with Crippen molar-refractivity contribution in [3.05, 3.63) is 57.4 Å². The van der Waals surface area contributed by atoms with Crippen LogP contribution < -0.4 is 5.32 Å². The van der Waals surface area contributed by atoms with Crippen molar-refractivity contribution in [3.63, 3.8) is 0 Å². The Morgan fingerprint density at radius 2 is 2.00 bits per heavy atom. The van der Waals surface area contributed by atoms with Gasteiger partial charge in [-0.25, -0.2) is 0 Å². The third kappa shape index (κ3) is 3.94.